The van der Waals surface area contributed by atoms with E-state index < -0.39 is 5.41 Å². The van der Waals surface area contributed by atoms with Crippen LogP contribution in [0.25, 0.3) is 11.1 Å². The molecule has 0 fully saturated rings. The molecule has 0 radical (unpaired) electrons. The Morgan fingerprint density at radius 2 is 1.33 bits per heavy atom. The number of benzene rings is 4. The molecule has 4 rings (SSSR count). The second-order valence-electron chi connectivity index (χ2n) is 9.81. The smallest absolute Gasteiger partial charge is 0.128 e. The van der Waals surface area contributed by atoms with Crippen LogP contribution in [0.3, 0.4) is 0 Å². The van der Waals surface area contributed by atoms with Gasteiger partial charge in [-0.3, -0.25) is 4.99 Å². The first-order chi connectivity index (χ1) is 17.5. The molecular formula is C34H37NO. The molecule has 2 heteroatoms. The number of aliphatic imine (C=N–C) groups is 1. The Hall–Kier alpha value is -3.65. The first kappa shape index (κ1) is 25.4. The summed E-state index contributed by atoms with van der Waals surface area (Å²) in [7, 11) is 0. The number of aromatic hydroxyl groups is 1. The maximum absolute atomic E-state index is 11.8. The van der Waals surface area contributed by atoms with E-state index in [-0.39, 0.29) is 11.8 Å². The summed E-state index contributed by atoms with van der Waals surface area (Å²) in [6, 6.07) is 35.7. The summed E-state index contributed by atoms with van der Waals surface area (Å²) in [5, 5.41) is 11.8. The number of hydrogen-bond acceptors (Lipinski definition) is 2. The predicted octanol–water partition coefficient (Wildman–Crippen LogP) is 8.80. The molecule has 2 nitrogen and oxygen atoms in total. The number of unbranched alkanes of at least 4 members (excludes halogenated alkanes) is 2. The summed E-state index contributed by atoms with van der Waals surface area (Å²) in [4.78, 5) is 4.85. The van der Waals surface area contributed by atoms with Crippen molar-refractivity contribution in [3.8, 4) is 16.9 Å². The van der Waals surface area contributed by atoms with Crippen molar-refractivity contribution in [1.29, 1.82) is 0 Å². The zero-order valence-corrected chi connectivity index (χ0v) is 21.7. The molecule has 36 heavy (non-hydrogen) atoms. The van der Waals surface area contributed by atoms with E-state index >= 15 is 0 Å². The van der Waals surface area contributed by atoms with Crippen LogP contribution in [-0.2, 0) is 5.41 Å². The Balaban J connectivity index is 1.90. The fourth-order valence-corrected chi connectivity index (χ4v) is 4.93. The third-order valence-corrected chi connectivity index (χ3v) is 7.18. The Morgan fingerprint density at radius 1 is 0.778 bits per heavy atom. The van der Waals surface area contributed by atoms with Crippen LogP contribution in [0, 0.1) is 0 Å². The minimum Gasteiger partial charge on any atom is -0.507 e. The van der Waals surface area contributed by atoms with Gasteiger partial charge in [-0.05, 0) is 54.7 Å². The van der Waals surface area contributed by atoms with Crippen molar-refractivity contribution < 1.29 is 5.11 Å². The zero-order valence-electron chi connectivity index (χ0n) is 21.7. The van der Waals surface area contributed by atoms with Crippen LogP contribution < -0.4 is 0 Å². The fraction of sp³-hybridized carbons (Fsp3) is 0.265. The SMILES string of the molecule is CCCCCC(C)N=Cc1cc(-c2ccccc2)cc(C(C)(c2ccccc2)c2ccccc2)c1O. The van der Waals surface area contributed by atoms with E-state index in [9.17, 15) is 5.11 Å². The number of phenols is 1. The van der Waals surface area contributed by atoms with E-state index in [2.05, 4.69) is 106 Å². The van der Waals surface area contributed by atoms with Gasteiger partial charge >= 0.3 is 0 Å². The van der Waals surface area contributed by atoms with E-state index in [1.54, 1.807) is 0 Å². The molecule has 1 N–H and O–H groups in total. The summed E-state index contributed by atoms with van der Waals surface area (Å²) in [6.07, 6.45) is 6.54. The van der Waals surface area contributed by atoms with E-state index in [0.29, 0.717) is 0 Å². The lowest BCUT2D eigenvalue weighted by molar-refractivity contribution is 0.456. The Kier molecular flexibility index (Phi) is 8.38. The summed E-state index contributed by atoms with van der Waals surface area (Å²) < 4.78 is 0. The fourth-order valence-electron chi connectivity index (χ4n) is 4.93. The Labute approximate surface area is 216 Å². The minimum atomic E-state index is -0.549. The highest BCUT2D eigenvalue weighted by molar-refractivity contribution is 5.88. The second kappa shape index (κ2) is 11.9. The van der Waals surface area contributed by atoms with Gasteiger partial charge < -0.3 is 5.11 Å². The van der Waals surface area contributed by atoms with Crippen molar-refractivity contribution in [2.24, 2.45) is 4.99 Å². The van der Waals surface area contributed by atoms with Gasteiger partial charge in [0.2, 0.25) is 0 Å². The lowest BCUT2D eigenvalue weighted by atomic mass is 9.70. The summed E-state index contributed by atoms with van der Waals surface area (Å²) >= 11 is 0. The van der Waals surface area contributed by atoms with E-state index in [1.807, 2.05) is 24.4 Å². The van der Waals surface area contributed by atoms with Gasteiger partial charge in [0.25, 0.3) is 0 Å². The van der Waals surface area contributed by atoms with Crippen molar-refractivity contribution in [1.82, 2.24) is 0 Å². The van der Waals surface area contributed by atoms with E-state index in [1.165, 1.54) is 19.3 Å². The van der Waals surface area contributed by atoms with Crippen molar-refractivity contribution in [2.75, 3.05) is 0 Å². The molecule has 0 aromatic heterocycles. The van der Waals surface area contributed by atoms with Crippen LogP contribution in [0.4, 0.5) is 0 Å². The Morgan fingerprint density at radius 3 is 1.89 bits per heavy atom. The van der Waals surface area contributed by atoms with Crippen molar-refractivity contribution in [3.63, 3.8) is 0 Å². The summed E-state index contributed by atoms with van der Waals surface area (Å²) in [6.45, 7) is 6.58. The first-order valence-corrected chi connectivity index (χ1v) is 13.1. The van der Waals surface area contributed by atoms with Crippen LogP contribution in [0.5, 0.6) is 5.75 Å². The zero-order chi connectivity index (χ0) is 25.4. The number of phenolic OH excluding ortho intramolecular Hbond substituents is 1. The first-order valence-electron chi connectivity index (χ1n) is 13.1. The largest absolute Gasteiger partial charge is 0.507 e. The molecule has 4 aromatic rings. The van der Waals surface area contributed by atoms with Gasteiger partial charge in [0.15, 0.2) is 0 Å². The van der Waals surface area contributed by atoms with Gasteiger partial charge in [0.05, 0.1) is 0 Å². The molecule has 0 saturated carbocycles. The van der Waals surface area contributed by atoms with Crippen LogP contribution in [0.1, 0.15) is 68.7 Å². The third kappa shape index (κ3) is 5.60. The van der Waals surface area contributed by atoms with Gasteiger partial charge in [-0.2, -0.15) is 0 Å². The molecule has 0 aliphatic carbocycles. The molecule has 0 heterocycles. The minimum absolute atomic E-state index is 0.217. The molecule has 0 amide bonds. The second-order valence-corrected chi connectivity index (χ2v) is 9.81. The molecule has 4 aromatic carbocycles. The molecule has 1 atom stereocenters. The van der Waals surface area contributed by atoms with Crippen LogP contribution in [0.15, 0.2) is 108 Å². The quantitative estimate of drug-likeness (QED) is 0.139. The highest BCUT2D eigenvalue weighted by Gasteiger charge is 2.34. The highest BCUT2D eigenvalue weighted by Crippen LogP contribution is 2.45. The van der Waals surface area contributed by atoms with Crippen molar-refractivity contribution in [2.45, 2.75) is 57.9 Å². The molecule has 0 bridgehead atoms. The molecule has 1 unspecified atom stereocenters. The highest BCUT2D eigenvalue weighted by atomic mass is 16.3. The van der Waals surface area contributed by atoms with Crippen molar-refractivity contribution in [3.05, 3.63) is 125 Å². The molecule has 0 saturated heterocycles. The number of hydrogen-bond donors (Lipinski definition) is 1. The third-order valence-electron chi connectivity index (χ3n) is 7.18. The van der Waals surface area contributed by atoms with Gasteiger partial charge in [-0.1, -0.05) is 117 Å². The van der Waals surface area contributed by atoms with E-state index in [0.717, 1.165) is 39.8 Å². The Bertz CT molecular complexity index is 1220. The average molecular weight is 476 g/mol. The maximum Gasteiger partial charge on any atom is 0.128 e. The molecule has 0 aliphatic heterocycles. The van der Waals surface area contributed by atoms with E-state index in [4.69, 9.17) is 4.99 Å². The monoisotopic (exact) mass is 475 g/mol. The van der Waals surface area contributed by atoms with Crippen LogP contribution in [-0.4, -0.2) is 17.4 Å². The number of rotatable bonds is 10. The molecular weight excluding hydrogens is 438 g/mol. The standard InChI is InChI=1S/C34H37NO/c1-4-5-9-16-26(2)35-25-29-23-28(27-17-10-6-11-18-27)24-32(33(29)36)34(3,30-19-12-7-13-20-30)31-21-14-8-15-22-31/h6-8,10-15,17-26,36H,4-5,9,16H2,1-3H3. The molecule has 184 valence electrons. The summed E-state index contributed by atoms with van der Waals surface area (Å²) in [5.74, 6) is 0.286. The van der Waals surface area contributed by atoms with Crippen molar-refractivity contribution >= 4 is 6.21 Å². The predicted molar refractivity (Wildman–Crippen MR) is 153 cm³/mol. The van der Waals surface area contributed by atoms with Crippen LogP contribution in [0.2, 0.25) is 0 Å². The lowest BCUT2D eigenvalue weighted by Gasteiger charge is -2.33. The van der Waals surface area contributed by atoms with Gasteiger partial charge in [0.1, 0.15) is 5.75 Å². The van der Waals surface area contributed by atoms with Crippen LogP contribution >= 0.6 is 0 Å². The van der Waals surface area contributed by atoms with Gasteiger partial charge in [0, 0.05) is 28.8 Å². The van der Waals surface area contributed by atoms with Gasteiger partial charge in [-0.25, -0.2) is 0 Å². The molecule has 0 spiro atoms. The molecule has 0 aliphatic rings. The van der Waals surface area contributed by atoms with Gasteiger partial charge in [-0.15, -0.1) is 0 Å². The summed E-state index contributed by atoms with van der Waals surface area (Å²) in [5.41, 5.74) is 5.54. The maximum atomic E-state index is 11.8. The topological polar surface area (TPSA) is 32.6 Å². The average Bonchev–Trinajstić information content (AvgIpc) is 2.93. The normalized spacial score (nSPS) is 12.6. The number of nitrogens with zero attached hydrogens (tertiary/aromatic N) is 1. The lowest BCUT2D eigenvalue weighted by Crippen LogP contribution is -2.26.